The zero-order chi connectivity index (χ0) is 22.8. The number of furan rings is 1. The molecule has 0 N–H and O–H groups in total. The summed E-state index contributed by atoms with van der Waals surface area (Å²) in [6, 6.07) is 23.6. The normalized spacial score (nSPS) is 10.8. The molecule has 0 atom stereocenters. The summed E-state index contributed by atoms with van der Waals surface area (Å²) in [6.07, 6.45) is 0. The van der Waals surface area contributed by atoms with Crippen LogP contribution in [0.4, 0.5) is 0 Å². The fourth-order valence-electron chi connectivity index (χ4n) is 3.48. The summed E-state index contributed by atoms with van der Waals surface area (Å²) in [4.78, 5) is 16.5. The second-order valence-electron chi connectivity index (χ2n) is 7.25. The lowest BCUT2D eigenvalue weighted by Gasteiger charge is -2.12. The van der Waals surface area contributed by atoms with Crippen molar-refractivity contribution in [2.75, 3.05) is 0 Å². The Morgan fingerprint density at radius 1 is 1.09 bits per heavy atom. The number of carbonyl (C=O) groups is 1. The molecule has 0 unspecified atom stereocenters. The number of para-hydroxylation sites is 1. The van der Waals surface area contributed by atoms with Crippen molar-refractivity contribution in [2.24, 2.45) is 0 Å². The average molecular weight is 451 g/mol. The van der Waals surface area contributed by atoms with Gasteiger partial charge in [-0.25, -0.2) is 4.98 Å². The van der Waals surface area contributed by atoms with Crippen LogP contribution in [0.15, 0.2) is 82.6 Å². The Morgan fingerprint density at radius 3 is 2.61 bits per heavy atom. The van der Waals surface area contributed by atoms with E-state index in [9.17, 15) is 15.2 Å². The maximum Gasteiger partial charge on any atom is 0.233 e. The predicted octanol–water partition coefficient (Wildman–Crippen LogP) is 5.04. The molecule has 0 spiro atoms. The highest BCUT2D eigenvalue weighted by Crippen LogP contribution is 2.37. The van der Waals surface area contributed by atoms with Gasteiger partial charge in [0.1, 0.15) is 29.6 Å². The summed E-state index contributed by atoms with van der Waals surface area (Å²) in [5.74, 6) is -0.506. The maximum absolute atomic E-state index is 11.0. The van der Waals surface area contributed by atoms with Crippen LogP contribution in [0.1, 0.15) is 21.5 Å². The third-order valence-electron chi connectivity index (χ3n) is 5.13. The van der Waals surface area contributed by atoms with Crippen LogP contribution in [0.5, 0.6) is 5.88 Å². The van der Waals surface area contributed by atoms with Gasteiger partial charge in [-0.3, -0.25) is 0 Å². The first-order chi connectivity index (χ1) is 16.1. The second kappa shape index (κ2) is 8.61. The lowest BCUT2D eigenvalue weighted by Crippen LogP contribution is -2.22. The molecule has 6 nitrogen and oxygen atoms in total. The molecule has 0 fully saturated rings. The van der Waals surface area contributed by atoms with E-state index in [4.69, 9.17) is 9.15 Å². The molecule has 0 aliphatic heterocycles. The number of carboxylic acid groups (broad SMARTS) is 1. The largest absolute Gasteiger partial charge is 0.545 e. The third kappa shape index (κ3) is 4.07. The maximum atomic E-state index is 11.0. The number of ether oxygens (including phenoxy) is 1. The van der Waals surface area contributed by atoms with Crippen LogP contribution in [-0.4, -0.2) is 11.0 Å². The van der Waals surface area contributed by atoms with Crippen LogP contribution in [0.2, 0.25) is 0 Å². The van der Waals surface area contributed by atoms with E-state index in [0.29, 0.717) is 17.0 Å². The highest BCUT2D eigenvalue weighted by Gasteiger charge is 2.20. The summed E-state index contributed by atoms with van der Waals surface area (Å²) < 4.78 is 12.0. The van der Waals surface area contributed by atoms with Gasteiger partial charge < -0.3 is 19.1 Å². The van der Waals surface area contributed by atoms with Crippen molar-refractivity contribution in [3.63, 3.8) is 0 Å². The van der Waals surface area contributed by atoms with Gasteiger partial charge in [-0.2, -0.15) is 5.26 Å². The van der Waals surface area contributed by atoms with Crippen molar-refractivity contribution < 1.29 is 19.1 Å². The number of aromatic nitrogens is 1. The number of thiophene rings is 1. The molecule has 7 heteroatoms. The molecule has 0 saturated carbocycles. The fourth-order valence-corrected chi connectivity index (χ4v) is 4.17. The van der Waals surface area contributed by atoms with Crippen LogP contribution < -0.4 is 9.84 Å². The molecule has 160 valence electrons. The Bertz CT molecular complexity index is 1460. The van der Waals surface area contributed by atoms with E-state index in [0.717, 1.165) is 21.4 Å². The molecule has 0 amide bonds. The number of aromatic carboxylic acids is 1. The molecule has 2 aromatic carbocycles. The molecular weight excluding hydrogens is 436 g/mol. The van der Waals surface area contributed by atoms with Gasteiger partial charge in [-0.15, -0.1) is 11.3 Å². The Hall–Kier alpha value is -4.41. The van der Waals surface area contributed by atoms with Gasteiger partial charge in [0.2, 0.25) is 5.88 Å². The van der Waals surface area contributed by atoms with Gasteiger partial charge in [0, 0.05) is 10.9 Å². The standard InChI is InChI=1S/C26H16N2O4S/c27-14-20-19(23-12-18-4-1-2-5-22(18)32-23)13-21(24-6-3-11-33-24)28-25(20)31-15-16-7-9-17(10-8-16)26(29)30/h1-13H,15H2,(H,29,30)/p-1. The summed E-state index contributed by atoms with van der Waals surface area (Å²) in [5.41, 5.74) is 3.07. The number of carbonyl (C=O) groups excluding carboxylic acids is 1. The Labute approximate surface area is 192 Å². The first-order valence-corrected chi connectivity index (χ1v) is 10.9. The Balaban J connectivity index is 1.57. The van der Waals surface area contributed by atoms with Crippen LogP contribution in [0.25, 0.3) is 32.9 Å². The van der Waals surface area contributed by atoms with E-state index in [2.05, 4.69) is 11.1 Å². The van der Waals surface area contributed by atoms with Crippen LogP contribution in [0, 0.1) is 11.3 Å². The van der Waals surface area contributed by atoms with Gasteiger partial charge in [-0.1, -0.05) is 48.5 Å². The van der Waals surface area contributed by atoms with Crippen molar-refractivity contribution in [2.45, 2.75) is 6.61 Å². The molecule has 33 heavy (non-hydrogen) atoms. The van der Waals surface area contributed by atoms with Crippen molar-refractivity contribution in [1.82, 2.24) is 4.98 Å². The number of fused-ring (bicyclic) bond motifs is 1. The molecule has 3 aromatic heterocycles. The lowest BCUT2D eigenvalue weighted by atomic mass is 10.1. The monoisotopic (exact) mass is 451 g/mol. The minimum atomic E-state index is -1.24. The molecule has 5 aromatic rings. The predicted molar refractivity (Wildman–Crippen MR) is 123 cm³/mol. The number of nitriles is 1. The molecule has 5 rings (SSSR count). The van der Waals surface area contributed by atoms with E-state index in [1.165, 1.54) is 23.5 Å². The summed E-state index contributed by atoms with van der Waals surface area (Å²) in [5, 5.41) is 23.8. The van der Waals surface area contributed by atoms with Crippen molar-refractivity contribution in [3.05, 3.63) is 94.9 Å². The number of nitrogens with zero attached hydrogens (tertiary/aromatic N) is 2. The summed E-state index contributed by atoms with van der Waals surface area (Å²) in [6.45, 7) is 0.114. The van der Waals surface area contributed by atoms with E-state index in [1.54, 1.807) is 12.1 Å². The van der Waals surface area contributed by atoms with Gasteiger partial charge in [-0.05, 0) is 40.8 Å². The number of carboxylic acids is 1. The van der Waals surface area contributed by atoms with Crippen molar-refractivity contribution >= 4 is 28.3 Å². The lowest BCUT2D eigenvalue weighted by molar-refractivity contribution is -0.255. The van der Waals surface area contributed by atoms with E-state index >= 15 is 0 Å². The zero-order valence-corrected chi connectivity index (χ0v) is 18.0. The molecular formula is C26H15N2O4S-. The first-order valence-electron chi connectivity index (χ1n) is 10.0. The summed E-state index contributed by atoms with van der Waals surface area (Å²) >= 11 is 1.53. The number of benzene rings is 2. The molecule has 0 aliphatic carbocycles. The van der Waals surface area contributed by atoms with Gasteiger partial charge in [0.15, 0.2) is 0 Å². The zero-order valence-electron chi connectivity index (χ0n) is 17.1. The molecule has 0 bridgehead atoms. The minimum Gasteiger partial charge on any atom is -0.545 e. The minimum absolute atomic E-state index is 0.0847. The molecule has 0 radical (unpaired) electrons. The Morgan fingerprint density at radius 2 is 1.91 bits per heavy atom. The van der Waals surface area contributed by atoms with E-state index in [-0.39, 0.29) is 23.6 Å². The fraction of sp³-hybridized carbons (Fsp3) is 0.0385. The Kier molecular flexibility index (Phi) is 5.35. The third-order valence-corrected chi connectivity index (χ3v) is 6.02. The number of hydrogen-bond donors (Lipinski definition) is 0. The number of hydrogen-bond acceptors (Lipinski definition) is 7. The summed E-state index contributed by atoms with van der Waals surface area (Å²) in [7, 11) is 0. The molecule has 0 aliphatic rings. The SMILES string of the molecule is N#Cc1c(-c2cc3ccccc3o2)cc(-c2cccs2)nc1OCc1ccc(C(=O)[O-])cc1. The number of pyridine rings is 1. The van der Waals surface area contributed by atoms with E-state index < -0.39 is 5.97 Å². The average Bonchev–Trinajstić information content (AvgIpc) is 3.52. The van der Waals surface area contributed by atoms with Crippen LogP contribution in [-0.2, 0) is 6.61 Å². The van der Waals surface area contributed by atoms with Crippen molar-refractivity contribution in [1.29, 1.82) is 5.26 Å². The van der Waals surface area contributed by atoms with Gasteiger partial charge in [0.25, 0.3) is 0 Å². The van der Waals surface area contributed by atoms with Gasteiger partial charge >= 0.3 is 0 Å². The van der Waals surface area contributed by atoms with Crippen molar-refractivity contribution in [3.8, 4) is 33.8 Å². The first kappa shape index (κ1) is 20.5. The van der Waals surface area contributed by atoms with Crippen LogP contribution >= 0.6 is 11.3 Å². The quantitative estimate of drug-likeness (QED) is 0.359. The molecule has 3 heterocycles. The number of rotatable bonds is 6. The topological polar surface area (TPSA) is 99.2 Å². The molecule has 0 saturated heterocycles. The van der Waals surface area contributed by atoms with Crippen LogP contribution in [0.3, 0.4) is 0 Å². The highest BCUT2D eigenvalue weighted by atomic mass is 32.1. The highest BCUT2D eigenvalue weighted by molar-refractivity contribution is 7.13. The second-order valence-corrected chi connectivity index (χ2v) is 8.19. The van der Waals surface area contributed by atoms with Gasteiger partial charge in [0.05, 0.1) is 16.5 Å². The smallest absolute Gasteiger partial charge is 0.233 e. The van der Waals surface area contributed by atoms with E-state index in [1.807, 2.05) is 53.9 Å².